The Bertz CT molecular complexity index is 1170. The van der Waals surface area contributed by atoms with Crippen LogP contribution < -0.4 is 5.32 Å². The summed E-state index contributed by atoms with van der Waals surface area (Å²) in [5.41, 5.74) is 2.36. The van der Waals surface area contributed by atoms with Gasteiger partial charge in [0.2, 0.25) is 10.0 Å². The average Bonchev–Trinajstić information content (AvgIpc) is 2.83. The molecule has 0 aromatic heterocycles. The van der Waals surface area contributed by atoms with Crippen molar-refractivity contribution in [3.05, 3.63) is 101 Å². The predicted octanol–water partition coefficient (Wildman–Crippen LogP) is 4.27. The number of hydrogen-bond donors (Lipinski definition) is 2. The number of halogens is 1. The largest absolute Gasteiger partial charge is 0.392 e. The second-order valence-corrected chi connectivity index (χ2v) is 10.5. The first-order valence-electron chi connectivity index (χ1n) is 11.1. The molecule has 3 aromatic rings. The molecule has 0 spiro atoms. The van der Waals surface area contributed by atoms with E-state index in [2.05, 4.69) is 5.32 Å². The molecular formula is C26H29ClN2O4S. The molecule has 1 atom stereocenters. The van der Waals surface area contributed by atoms with E-state index in [1.807, 2.05) is 30.3 Å². The van der Waals surface area contributed by atoms with Crippen molar-refractivity contribution in [2.24, 2.45) is 0 Å². The Morgan fingerprint density at radius 2 is 1.62 bits per heavy atom. The smallest absolute Gasteiger partial charge is 0.251 e. The number of aliphatic hydroxyl groups is 1. The number of carbonyl (C=O) groups excluding carboxylic acids is 1. The first-order valence-corrected chi connectivity index (χ1v) is 12.9. The molecule has 0 aliphatic carbocycles. The van der Waals surface area contributed by atoms with Gasteiger partial charge in [0, 0.05) is 30.2 Å². The fourth-order valence-corrected chi connectivity index (χ4v) is 5.04. The third kappa shape index (κ3) is 7.40. The molecule has 2 N–H and O–H groups in total. The van der Waals surface area contributed by atoms with Gasteiger partial charge in [-0.2, -0.15) is 4.31 Å². The molecule has 0 heterocycles. The molecule has 1 amide bonds. The summed E-state index contributed by atoms with van der Waals surface area (Å²) in [5, 5.41) is 12.5. The molecule has 0 saturated carbocycles. The summed E-state index contributed by atoms with van der Waals surface area (Å²) in [6.45, 7) is 2.28. The number of hydrogen-bond acceptors (Lipinski definition) is 4. The maximum atomic E-state index is 13.4. The fraction of sp³-hybridized carbons (Fsp3) is 0.269. The molecule has 3 aromatic carbocycles. The third-order valence-corrected chi connectivity index (χ3v) is 7.41. The highest BCUT2D eigenvalue weighted by Crippen LogP contribution is 2.21. The first-order chi connectivity index (χ1) is 16.3. The highest BCUT2D eigenvalue weighted by molar-refractivity contribution is 7.89. The highest BCUT2D eigenvalue weighted by Gasteiger charge is 2.24. The van der Waals surface area contributed by atoms with Gasteiger partial charge in [0.15, 0.2) is 0 Å². The summed E-state index contributed by atoms with van der Waals surface area (Å²) >= 11 is 5.95. The zero-order valence-electron chi connectivity index (χ0n) is 19.0. The fourth-order valence-electron chi connectivity index (χ4n) is 3.45. The zero-order chi connectivity index (χ0) is 24.6. The summed E-state index contributed by atoms with van der Waals surface area (Å²) in [5.74, 6) is -0.291. The number of aliphatic hydroxyl groups excluding tert-OH is 1. The van der Waals surface area contributed by atoms with Gasteiger partial charge in [-0.3, -0.25) is 4.79 Å². The van der Waals surface area contributed by atoms with Crippen LogP contribution in [0, 0.1) is 0 Å². The predicted molar refractivity (Wildman–Crippen MR) is 134 cm³/mol. The van der Waals surface area contributed by atoms with Crippen molar-refractivity contribution in [3.63, 3.8) is 0 Å². The number of carbonyl (C=O) groups is 1. The van der Waals surface area contributed by atoms with E-state index in [0.717, 1.165) is 17.5 Å². The molecule has 0 aliphatic heterocycles. The van der Waals surface area contributed by atoms with Crippen molar-refractivity contribution >= 4 is 27.5 Å². The van der Waals surface area contributed by atoms with Crippen LogP contribution in [0.25, 0.3) is 0 Å². The van der Waals surface area contributed by atoms with Gasteiger partial charge in [0.05, 0.1) is 11.0 Å². The summed E-state index contributed by atoms with van der Waals surface area (Å²) in [7, 11) is -3.75. The number of benzene rings is 3. The van der Waals surface area contributed by atoms with Gasteiger partial charge < -0.3 is 10.4 Å². The lowest BCUT2D eigenvalue weighted by molar-refractivity contribution is 0.0924. The zero-order valence-corrected chi connectivity index (χ0v) is 20.6. The summed E-state index contributed by atoms with van der Waals surface area (Å²) in [6, 6.07) is 22.9. The van der Waals surface area contributed by atoms with E-state index >= 15 is 0 Å². The van der Waals surface area contributed by atoms with Crippen LogP contribution in [0.1, 0.15) is 34.8 Å². The van der Waals surface area contributed by atoms with Gasteiger partial charge in [-0.25, -0.2) is 8.42 Å². The number of amides is 1. The minimum absolute atomic E-state index is 0.162. The lowest BCUT2D eigenvalue weighted by Gasteiger charge is -2.23. The SMILES string of the molecule is C[C@H](O)CNC(=O)c1ccc(CN(CCCc2ccccc2)S(=O)(=O)c2ccc(Cl)cc2)cc1. The van der Waals surface area contributed by atoms with Gasteiger partial charge in [0.1, 0.15) is 0 Å². The van der Waals surface area contributed by atoms with E-state index in [4.69, 9.17) is 11.6 Å². The van der Waals surface area contributed by atoms with E-state index < -0.39 is 16.1 Å². The number of rotatable bonds is 11. The Morgan fingerprint density at radius 3 is 2.24 bits per heavy atom. The van der Waals surface area contributed by atoms with Crippen LogP contribution in [-0.2, 0) is 23.0 Å². The summed E-state index contributed by atoms with van der Waals surface area (Å²) in [4.78, 5) is 12.4. The van der Waals surface area contributed by atoms with Gasteiger partial charge in [0.25, 0.3) is 5.91 Å². The topological polar surface area (TPSA) is 86.7 Å². The Kier molecular flexibility index (Phi) is 9.24. The van der Waals surface area contributed by atoms with Crippen molar-refractivity contribution in [2.75, 3.05) is 13.1 Å². The molecule has 0 fully saturated rings. The Morgan fingerprint density at radius 1 is 0.971 bits per heavy atom. The van der Waals surface area contributed by atoms with Crippen molar-refractivity contribution < 1.29 is 18.3 Å². The average molecular weight is 501 g/mol. The maximum Gasteiger partial charge on any atom is 0.251 e. The second kappa shape index (κ2) is 12.1. The Balaban J connectivity index is 1.76. The van der Waals surface area contributed by atoms with E-state index in [0.29, 0.717) is 23.6 Å². The van der Waals surface area contributed by atoms with Crippen LogP contribution in [0.15, 0.2) is 83.8 Å². The summed E-state index contributed by atoms with van der Waals surface area (Å²) < 4.78 is 28.3. The van der Waals surface area contributed by atoms with Crippen molar-refractivity contribution in [1.82, 2.24) is 9.62 Å². The van der Waals surface area contributed by atoms with Crippen molar-refractivity contribution in [3.8, 4) is 0 Å². The second-order valence-electron chi connectivity index (χ2n) is 8.14. The molecule has 8 heteroatoms. The minimum Gasteiger partial charge on any atom is -0.392 e. The lowest BCUT2D eigenvalue weighted by atomic mass is 10.1. The third-order valence-electron chi connectivity index (χ3n) is 5.30. The molecule has 0 aliphatic rings. The number of sulfonamides is 1. The monoisotopic (exact) mass is 500 g/mol. The molecule has 0 bridgehead atoms. The lowest BCUT2D eigenvalue weighted by Crippen LogP contribution is -2.32. The molecule has 180 valence electrons. The van der Waals surface area contributed by atoms with Crippen LogP contribution in [0.4, 0.5) is 0 Å². The van der Waals surface area contributed by atoms with Gasteiger partial charge >= 0.3 is 0 Å². The van der Waals surface area contributed by atoms with Gasteiger partial charge in [-0.05, 0) is 67.3 Å². The first kappa shape index (κ1) is 25.9. The molecule has 6 nitrogen and oxygen atoms in total. The van der Waals surface area contributed by atoms with E-state index in [-0.39, 0.29) is 23.9 Å². The van der Waals surface area contributed by atoms with Crippen LogP contribution in [0.5, 0.6) is 0 Å². The van der Waals surface area contributed by atoms with Crippen molar-refractivity contribution in [1.29, 1.82) is 0 Å². The van der Waals surface area contributed by atoms with E-state index in [1.165, 1.54) is 16.4 Å². The van der Waals surface area contributed by atoms with Gasteiger partial charge in [-0.1, -0.05) is 54.1 Å². The maximum absolute atomic E-state index is 13.4. The molecular weight excluding hydrogens is 472 g/mol. The Labute approximate surface area is 206 Å². The summed E-state index contributed by atoms with van der Waals surface area (Å²) in [6.07, 6.45) is 0.790. The Hall–Kier alpha value is -2.71. The quantitative estimate of drug-likeness (QED) is 0.411. The molecule has 3 rings (SSSR count). The molecule has 0 saturated heterocycles. The van der Waals surface area contributed by atoms with Gasteiger partial charge in [-0.15, -0.1) is 0 Å². The number of nitrogens with zero attached hydrogens (tertiary/aromatic N) is 1. The van der Waals surface area contributed by atoms with Crippen LogP contribution in [-0.4, -0.2) is 42.9 Å². The molecule has 0 radical (unpaired) electrons. The van der Waals surface area contributed by atoms with E-state index in [1.54, 1.807) is 43.3 Å². The van der Waals surface area contributed by atoms with Crippen LogP contribution in [0.3, 0.4) is 0 Å². The van der Waals surface area contributed by atoms with E-state index in [9.17, 15) is 18.3 Å². The van der Waals surface area contributed by atoms with Crippen LogP contribution in [0.2, 0.25) is 5.02 Å². The highest BCUT2D eigenvalue weighted by atomic mass is 35.5. The van der Waals surface area contributed by atoms with Crippen LogP contribution >= 0.6 is 11.6 Å². The number of aryl methyl sites for hydroxylation is 1. The number of nitrogens with one attached hydrogen (secondary N) is 1. The molecule has 34 heavy (non-hydrogen) atoms. The standard InChI is InChI=1S/C26H29ClN2O4S/c1-20(30)18-28-26(31)23-11-9-22(10-12-23)19-29(17-5-8-21-6-3-2-4-7-21)34(32,33)25-15-13-24(27)14-16-25/h2-4,6-7,9-16,20,30H,5,8,17-19H2,1H3,(H,28,31)/t20-/m0/s1. The molecule has 0 unspecified atom stereocenters. The van der Waals surface area contributed by atoms with Crippen molar-refractivity contribution in [2.45, 2.75) is 37.3 Å². The normalized spacial score (nSPS) is 12.5. The minimum atomic E-state index is -3.75.